The monoisotopic (exact) mass is 450 g/mol. The third-order valence-electron chi connectivity index (χ3n) is 5.18. The van der Waals surface area contributed by atoms with Gasteiger partial charge >= 0.3 is 0 Å². The molecule has 12 heteroatoms. The van der Waals surface area contributed by atoms with E-state index in [0.29, 0.717) is 18.3 Å². The van der Waals surface area contributed by atoms with Gasteiger partial charge in [0.15, 0.2) is 11.6 Å². The van der Waals surface area contributed by atoms with Crippen LogP contribution in [0.1, 0.15) is 37.2 Å². The average Bonchev–Trinajstić information content (AvgIpc) is 3.17. The lowest BCUT2D eigenvalue weighted by Crippen LogP contribution is -2.29. The Morgan fingerprint density at radius 1 is 1.19 bits per heavy atom. The Bertz CT molecular complexity index is 1170. The summed E-state index contributed by atoms with van der Waals surface area (Å²) in [7, 11) is -4.41. The number of halogens is 2. The summed E-state index contributed by atoms with van der Waals surface area (Å²) in [4.78, 5) is 6.53. The van der Waals surface area contributed by atoms with E-state index < -0.39 is 32.7 Å². The zero-order valence-corrected chi connectivity index (χ0v) is 17.1. The topological polar surface area (TPSA) is 136 Å². The normalized spacial score (nSPS) is 19.2. The summed E-state index contributed by atoms with van der Waals surface area (Å²) in [6.45, 7) is 0. The summed E-state index contributed by atoms with van der Waals surface area (Å²) in [5, 5.41) is 6.62. The minimum absolute atomic E-state index is 0.0714. The molecular weight excluding hydrogens is 430 g/mol. The van der Waals surface area contributed by atoms with Crippen LogP contribution in [0.15, 0.2) is 41.8 Å². The van der Waals surface area contributed by atoms with Crippen molar-refractivity contribution in [1.29, 1.82) is 0 Å². The van der Waals surface area contributed by atoms with Gasteiger partial charge in [0.05, 0.1) is 0 Å². The molecule has 0 bridgehead atoms. The lowest BCUT2D eigenvalue weighted by molar-refractivity contribution is 0.124. The molecule has 2 atom stereocenters. The number of aromatic nitrogens is 4. The summed E-state index contributed by atoms with van der Waals surface area (Å²) in [6.07, 6.45) is 6.83. The molecule has 1 aliphatic rings. The van der Waals surface area contributed by atoms with Gasteiger partial charge in [0, 0.05) is 36.0 Å². The van der Waals surface area contributed by atoms with Gasteiger partial charge in [-0.2, -0.15) is 5.10 Å². The van der Waals surface area contributed by atoms with Crippen LogP contribution in [0.3, 0.4) is 0 Å². The Morgan fingerprint density at radius 2 is 2.00 bits per heavy atom. The van der Waals surface area contributed by atoms with Crippen molar-refractivity contribution in [2.75, 3.05) is 10.5 Å². The highest BCUT2D eigenvalue weighted by Gasteiger charge is 2.32. The summed E-state index contributed by atoms with van der Waals surface area (Å²) in [5.74, 6) is -2.38. The van der Waals surface area contributed by atoms with Crippen LogP contribution in [-0.4, -0.2) is 34.7 Å². The fourth-order valence-corrected chi connectivity index (χ4v) is 4.79. The van der Waals surface area contributed by atoms with E-state index >= 15 is 0 Å². The van der Waals surface area contributed by atoms with Gasteiger partial charge in [-0.15, -0.1) is 0 Å². The molecule has 0 amide bonds. The molecule has 31 heavy (non-hydrogen) atoms. The molecule has 9 nitrogen and oxygen atoms in total. The molecule has 2 heterocycles. The van der Waals surface area contributed by atoms with Crippen LogP contribution in [0.2, 0.25) is 0 Å². The summed E-state index contributed by atoms with van der Waals surface area (Å²) in [5.41, 5.74) is 6.66. The van der Waals surface area contributed by atoms with Crippen molar-refractivity contribution in [1.82, 2.24) is 20.2 Å². The van der Waals surface area contributed by atoms with Crippen molar-refractivity contribution in [2.45, 2.75) is 42.6 Å². The molecule has 2 aromatic heterocycles. The van der Waals surface area contributed by atoms with E-state index in [9.17, 15) is 17.2 Å². The van der Waals surface area contributed by atoms with Crippen molar-refractivity contribution < 1.29 is 21.9 Å². The second kappa shape index (κ2) is 8.46. The van der Waals surface area contributed by atoms with Crippen LogP contribution in [0.4, 0.5) is 20.4 Å². The van der Waals surface area contributed by atoms with Gasteiger partial charge in [0.25, 0.3) is 10.0 Å². The van der Waals surface area contributed by atoms with E-state index in [2.05, 4.69) is 24.9 Å². The van der Waals surface area contributed by atoms with E-state index in [4.69, 9.17) is 10.5 Å². The largest absolute Gasteiger partial charge is 0.487 e. The van der Waals surface area contributed by atoms with Crippen LogP contribution in [-0.2, 0) is 10.0 Å². The van der Waals surface area contributed by atoms with E-state index in [-0.39, 0.29) is 17.5 Å². The molecular formula is C19H20F2N6O3S. The van der Waals surface area contributed by atoms with E-state index in [1.54, 1.807) is 6.20 Å². The number of H-pyrrole nitrogens is 1. The number of rotatable bonds is 6. The van der Waals surface area contributed by atoms with Crippen LogP contribution >= 0.6 is 0 Å². The highest BCUT2D eigenvalue weighted by Crippen LogP contribution is 2.38. The van der Waals surface area contributed by atoms with Crippen LogP contribution in [0.25, 0.3) is 0 Å². The van der Waals surface area contributed by atoms with Crippen molar-refractivity contribution in [2.24, 2.45) is 0 Å². The van der Waals surface area contributed by atoms with Gasteiger partial charge in [-0.1, -0.05) is 6.42 Å². The number of nitrogens with two attached hydrogens (primary N) is 1. The number of nitrogens with one attached hydrogen (secondary N) is 2. The number of nitrogens with zero attached hydrogens (tertiary/aromatic N) is 3. The van der Waals surface area contributed by atoms with Gasteiger partial charge in [-0.25, -0.2) is 27.2 Å². The van der Waals surface area contributed by atoms with Crippen molar-refractivity contribution >= 4 is 21.7 Å². The van der Waals surface area contributed by atoms with Crippen LogP contribution in [0, 0.1) is 11.6 Å². The number of aromatic amines is 1. The average molecular weight is 450 g/mol. The molecule has 0 radical (unpaired) electrons. The second-order valence-corrected chi connectivity index (χ2v) is 8.84. The third kappa shape index (κ3) is 4.43. The Kier molecular flexibility index (Phi) is 5.72. The first-order valence-corrected chi connectivity index (χ1v) is 11.1. The molecule has 1 fully saturated rings. The number of anilines is 2. The fraction of sp³-hybridized carbons (Fsp3) is 0.316. The van der Waals surface area contributed by atoms with Gasteiger partial charge in [0.2, 0.25) is 0 Å². The number of benzene rings is 1. The number of hydrogen-bond donors (Lipinski definition) is 3. The van der Waals surface area contributed by atoms with Crippen molar-refractivity contribution in [3.8, 4) is 5.75 Å². The predicted molar refractivity (Wildman–Crippen MR) is 108 cm³/mol. The minimum atomic E-state index is -4.41. The van der Waals surface area contributed by atoms with Gasteiger partial charge in [-0.05, 0) is 25.3 Å². The molecule has 3 aromatic rings. The standard InChI is InChI=1S/C19H20F2N6O3S/c20-13-8-17(31(28,29)27-18-5-6-23-10-24-18)14(21)7-16(13)30-15-4-2-1-3-11(15)12-9-25-26-19(12)22/h5-11,15H,1-4H2,(H3,22,25,26)(H,23,24,27). The fourth-order valence-electron chi connectivity index (χ4n) is 3.71. The lowest BCUT2D eigenvalue weighted by atomic mass is 9.82. The minimum Gasteiger partial charge on any atom is -0.487 e. The zero-order chi connectivity index (χ0) is 22.0. The molecule has 4 rings (SSSR count). The maximum Gasteiger partial charge on any atom is 0.266 e. The van der Waals surface area contributed by atoms with E-state index in [0.717, 1.165) is 37.2 Å². The molecule has 1 saturated carbocycles. The predicted octanol–water partition coefficient (Wildman–Crippen LogP) is 2.97. The smallest absolute Gasteiger partial charge is 0.266 e. The first kappa shape index (κ1) is 21.0. The quantitative estimate of drug-likeness (QED) is 0.525. The van der Waals surface area contributed by atoms with Crippen LogP contribution < -0.4 is 15.2 Å². The van der Waals surface area contributed by atoms with Crippen molar-refractivity contribution in [3.63, 3.8) is 0 Å². The Hall–Kier alpha value is -3.28. The first-order chi connectivity index (χ1) is 14.8. The highest BCUT2D eigenvalue weighted by atomic mass is 32.2. The SMILES string of the molecule is Nc1n[nH]cc1C1CCCCC1Oc1cc(F)c(S(=O)(=O)Nc2ccncn2)cc1F. The number of hydrogen-bond acceptors (Lipinski definition) is 7. The lowest BCUT2D eigenvalue weighted by Gasteiger charge is -2.31. The maximum absolute atomic E-state index is 14.8. The number of nitrogen functional groups attached to an aromatic ring is 1. The Morgan fingerprint density at radius 3 is 2.71 bits per heavy atom. The molecule has 2 unspecified atom stereocenters. The highest BCUT2D eigenvalue weighted by molar-refractivity contribution is 7.92. The van der Waals surface area contributed by atoms with Crippen molar-refractivity contribution in [3.05, 3.63) is 54.1 Å². The van der Waals surface area contributed by atoms with Crippen LogP contribution in [0.5, 0.6) is 5.75 Å². The zero-order valence-electron chi connectivity index (χ0n) is 16.3. The molecule has 1 aliphatic carbocycles. The molecule has 4 N–H and O–H groups in total. The van der Waals surface area contributed by atoms with Gasteiger partial charge in [0.1, 0.15) is 34.8 Å². The summed E-state index contributed by atoms with van der Waals surface area (Å²) < 4.78 is 62.3. The van der Waals surface area contributed by atoms with E-state index in [1.165, 1.54) is 12.3 Å². The maximum atomic E-state index is 14.8. The molecule has 1 aromatic carbocycles. The molecule has 164 valence electrons. The first-order valence-electron chi connectivity index (χ1n) is 9.59. The second-order valence-electron chi connectivity index (χ2n) is 7.19. The molecule has 0 aliphatic heterocycles. The molecule has 0 spiro atoms. The third-order valence-corrected chi connectivity index (χ3v) is 6.55. The summed E-state index contributed by atoms with van der Waals surface area (Å²) in [6, 6.07) is 2.63. The number of sulfonamides is 1. The summed E-state index contributed by atoms with van der Waals surface area (Å²) >= 11 is 0. The number of ether oxygens (including phenoxy) is 1. The Labute approximate surface area is 177 Å². The van der Waals surface area contributed by atoms with E-state index in [1.807, 2.05) is 0 Å². The Balaban J connectivity index is 1.59. The molecule has 0 saturated heterocycles. The van der Waals surface area contributed by atoms with Gasteiger partial charge in [-0.3, -0.25) is 9.82 Å². The van der Waals surface area contributed by atoms with Gasteiger partial charge < -0.3 is 10.5 Å².